The molecule has 0 bridgehead atoms. The molecule has 0 spiro atoms. The van der Waals surface area contributed by atoms with Crippen molar-refractivity contribution >= 4 is 5.91 Å². The number of rotatable bonds is 2. The Bertz CT molecular complexity index is 882. The molecule has 0 unspecified atom stereocenters. The number of carbonyl (C=O) groups is 1. The van der Waals surface area contributed by atoms with Crippen LogP contribution in [0.15, 0.2) is 24.4 Å². The summed E-state index contributed by atoms with van der Waals surface area (Å²) < 4.78 is 0. The van der Waals surface area contributed by atoms with Crippen molar-refractivity contribution in [3.63, 3.8) is 0 Å². The lowest BCUT2D eigenvalue weighted by atomic mass is 9.74. The Labute approximate surface area is 161 Å². The van der Waals surface area contributed by atoms with Gasteiger partial charge < -0.3 is 10.4 Å². The molecule has 144 valence electrons. The summed E-state index contributed by atoms with van der Waals surface area (Å²) in [6, 6.07) is 4.91. The van der Waals surface area contributed by atoms with Gasteiger partial charge in [-0.2, -0.15) is 0 Å². The molecule has 1 aromatic heterocycles. The van der Waals surface area contributed by atoms with Gasteiger partial charge in [-0.05, 0) is 42.9 Å². The summed E-state index contributed by atoms with van der Waals surface area (Å²) in [5, 5.41) is 13.2. The number of fused-ring (bicyclic) bond motifs is 1. The standard InChI is InChI=1S/C22H29N3O2/c1-13-7-8-14(18(26)9-13)19(27)24-16-10-22(5,6)11-17-15(16)12-23-20(25-17)21(2,3)4/h7-9,12,16,26H,10-11H2,1-6H3,(H,24,27)/t16-/m0/s1. The molecule has 1 aromatic carbocycles. The number of nitrogens with one attached hydrogen (secondary N) is 1. The number of aromatic nitrogens is 2. The number of amides is 1. The molecular weight excluding hydrogens is 338 g/mol. The average Bonchev–Trinajstić information content (AvgIpc) is 2.52. The Balaban J connectivity index is 1.93. The van der Waals surface area contributed by atoms with Crippen LogP contribution in [0.1, 0.15) is 80.1 Å². The largest absolute Gasteiger partial charge is 0.507 e. The number of carbonyl (C=O) groups excluding carboxylic acids is 1. The van der Waals surface area contributed by atoms with Crippen molar-refractivity contribution in [2.75, 3.05) is 0 Å². The van der Waals surface area contributed by atoms with Crippen molar-refractivity contribution in [2.24, 2.45) is 5.41 Å². The van der Waals surface area contributed by atoms with Crippen LogP contribution in [0.3, 0.4) is 0 Å². The molecule has 2 aromatic rings. The van der Waals surface area contributed by atoms with E-state index < -0.39 is 0 Å². The van der Waals surface area contributed by atoms with Gasteiger partial charge in [0.25, 0.3) is 5.91 Å². The predicted octanol–water partition coefficient (Wildman–Crippen LogP) is 4.23. The fourth-order valence-electron chi connectivity index (χ4n) is 3.61. The van der Waals surface area contributed by atoms with Gasteiger partial charge in [0.2, 0.25) is 0 Å². The third-order valence-corrected chi connectivity index (χ3v) is 5.05. The molecule has 3 rings (SSSR count). The fourth-order valence-corrected chi connectivity index (χ4v) is 3.61. The molecule has 1 atom stereocenters. The van der Waals surface area contributed by atoms with Crippen LogP contribution < -0.4 is 5.32 Å². The summed E-state index contributed by atoms with van der Waals surface area (Å²) in [5.41, 5.74) is 3.08. The van der Waals surface area contributed by atoms with Crippen molar-refractivity contribution in [1.29, 1.82) is 0 Å². The Morgan fingerprint density at radius 2 is 2.00 bits per heavy atom. The number of aromatic hydroxyl groups is 1. The quantitative estimate of drug-likeness (QED) is 0.833. The highest BCUT2D eigenvalue weighted by molar-refractivity contribution is 5.97. The van der Waals surface area contributed by atoms with E-state index in [1.54, 1.807) is 12.1 Å². The fraction of sp³-hybridized carbons (Fsp3) is 0.500. The maximum atomic E-state index is 12.8. The number of aryl methyl sites for hydroxylation is 1. The maximum Gasteiger partial charge on any atom is 0.255 e. The van der Waals surface area contributed by atoms with E-state index in [1.165, 1.54) is 0 Å². The van der Waals surface area contributed by atoms with Crippen LogP contribution in [-0.2, 0) is 11.8 Å². The van der Waals surface area contributed by atoms with E-state index in [9.17, 15) is 9.90 Å². The molecule has 0 radical (unpaired) electrons. The third-order valence-electron chi connectivity index (χ3n) is 5.05. The summed E-state index contributed by atoms with van der Waals surface area (Å²) in [5.74, 6) is 0.545. The Kier molecular flexibility index (Phi) is 4.74. The molecule has 27 heavy (non-hydrogen) atoms. The molecule has 0 aliphatic heterocycles. The molecule has 1 aliphatic carbocycles. The summed E-state index contributed by atoms with van der Waals surface area (Å²) in [6.07, 6.45) is 3.52. The van der Waals surface area contributed by atoms with E-state index in [1.807, 2.05) is 19.2 Å². The second-order valence-corrected chi connectivity index (χ2v) is 9.44. The van der Waals surface area contributed by atoms with Crippen molar-refractivity contribution < 1.29 is 9.90 Å². The first-order valence-electron chi connectivity index (χ1n) is 9.43. The second kappa shape index (κ2) is 6.63. The number of hydrogen-bond acceptors (Lipinski definition) is 4. The van der Waals surface area contributed by atoms with Crippen LogP contribution in [0.25, 0.3) is 0 Å². The number of phenolic OH excluding ortho intramolecular Hbond substituents is 1. The van der Waals surface area contributed by atoms with Gasteiger partial charge in [0.15, 0.2) is 0 Å². The summed E-state index contributed by atoms with van der Waals surface area (Å²) in [6.45, 7) is 12.6. The van der Waals surface area contributed by atoms with E-state index in [2.05, 4.69) is 44.9 Å². The number of phenols is 1. The minimum Gasteiger partial charge on any atom is -0.507 e. The van der Waals surface area contributed by atoms with Crippen molar-refractivity contribution in [3.8, 4) is 5.75 Å². The van der Waals surface area contributed by atoms with Crippen molar-refractivity contribution in [2.45, 2.75) is 65.8 Å². The molecule has 0 saturated carbocycles. The molecular formula is C22H29N3O2. The van der Waals surface area contributed by atoms with Gasteiger partial charge in [0.05, 0.1) is 11.6 Å². The van der Waals surface area contributed by atoms with Crippen LogP contribution >= 0.6 is 0 Å². The topological polar surface area (TPSA) is 75.1 Å². The zero-order valence-electron chi connectivity index (χ0n) is 17.1. The smallest absolute Gasteiger partial charge is 0.255 e. The molecule has 5 heteroatoms. The summed E-state index contributed by atoms with van der Waals surface area (Å²) >= 11 is 0. The minimum absolute atomic E-state index is 0.00197. The molecule has 1 aliphatic rings. The van der Waals surface area contributed by atoms with Crippen molar-refractivity contribution in [3.05, 3.63) is 52.6 Å². The second-order valence-electron chi connectivity index (χ2n) is 9.44. The summed E-state index contributed by atoms with van der Waals surface area (Å²) in [4.78, 5) is 22.2. The maximum absolute atomic E-state index is 12.8. The molecule has 1 amide bonds. The van der Waals surface area contributed by atoms with Crippen LogP contribution in [0.5, 0.6) is 5.75 Å². The van der Waals surface area contributed by atoms with Crippen LogP contribution in [-0.4, -0.2) is 21.0 Å². The van der Waals surface area contributed by atoms with E-state index in [-0.39, 0.29) is 34.1 Å². The van der Waals surface area contributed by atoms with Crippen LogP contribution in [0, 0.1) is 12.3 Å². The monoisotopic (exact) mass is 367 g/mol. The van der Waals surface area contributed by atoms with E-state index >= 15 is 0 Å². The SMILES string of the molecule is Cc1ccc(C(=O)N[C@H]2CC(C)(C)Cc3nc(C(C)(C)C)ncc32)c(O)c1. The first-order valence-corrected chi connectivity index (χ1v) is 9.43. The van der Waals surface area contributed by atoms with Gasteiger partial charge in [-0.25, -0.2) is 9.97 Å². The molecule has 1 heterocycles. The number of benzene rings is 1. The lowest BCUT2D eigenvalue weighted by Crippen LogP contribution is -2.37. The average molecular weight is 367 g/mol. The molecule has 2 N–H and O–H groups in total. The van der Waals surface area contributed by atoms with Gasteiger partial charge in [0, 0.05) is 22.9 Å². The first-order chi connectivity index (χ1) is 12.5. The Hall–Kier alpha value is -2.43. The lowest BCUT2D eigenvalue weighted by molar-refractivity contribution is 0.0916. The zero-order valence-corrected chi connectivity index (χ0v) is 17.1. The Morgan fingerprint density at radius 1 is 1.30 bits per heavy atom. The molecule has 0 fully saturated rings. The van der Waals surface area contributed by atoms with Gasteiger partial charge in [-0.1, -0.05) is 40.7 Å². The normalized spacial score (nSPS) is 18.7. The third kappa shape index (κ3) is 4.12. The zero-order chi connectivity index (χ0) is 20.0. The summed E-state index contributed by atoms with van der Waals surface area (Å²) in [7, 11) is 0. The van der Waals surface area contributed by atoms with Crippen LogP contribution in [0.2, 0.25) is 0 Å². The minimum atomic E-state index is -0.277. The highest BCUT2D eigenvalue weighted by atomic mass is 16.3. The lowest BCUT2D eigenvalue weighted by Gasteiger charge is -2.37. The van der Waals surface area contributed by atoms with Gasteiger partial charge in [0.1, 0.15) is 11.6 Å². The Morgan fingerprint density at radius 3 is 2.63 bits per heavy atom. The predicted molar refractivity (Wildman–Crippen MR) is 106 cm³/mol. The van der Waals surface area contributed by atoms with E-state index in [4.69, 9.17) is 4.98 Å². The number of nitrogens with zero attached hydrogens (tertiary/aromatic N) is 2. The number of hydrogen-bond donors (Lipinski definition) is 2. The first kappa shape index (κ1) is 19.3. The molecule has 0 saturated heterocycles. The van der Waals surface area contributed by atoms with E-state index in [0.717, 1.165) is 35.5 Å². The van der Waals surface area contributed by atoms with Gasteiger partial charge in [-0.15, -0.1) is 0 Å². The highest BCUT2D eigenvalue weighted by Gasteiger charge is 2.35. The highest BCUT2D eigenvalue weighted by Crippen LogP contribution is 2.40. The van der Waals surface area contributed by atoms with Crippen molar-refractivity contribution in [1.82, 2.24) is 15.3 Å². The van der Waals surface area contributed by atoms with Gasteiger partial charge >= 0.3 is 0 Å². The molecule has 5 nitrogen and oxygen atoms in total. The van der Waals surface area contributed by atoms with E-state index in [0.29, 0.717) is 0 Å². The van der Waals surface area contributed by atoms with Crippen LogP contribution in [0.4, 0.5) is 0 Å². The van der Waals surface area contributed by atoms with Gasteiger partial charge in [-0.3, -0.25) is 4.79 Å².